The summed E-state index contributed by atoms with van der Waals surface area (Å²) >= 11 is 0. The number of rotatable bonds is 7. The smallest absolute Gasteiger partial charge is 0.187 e. The van der Waals surface area contributed by atoms with Crippen molar-refractivity contribution in [2.45, 2.75) is 37.3 Å². The maximum absolute atomic E-state index is 12.0. The number of hydrogen-bond donors (Lipinski definition) is 4. The first-order valence-corrected chi connectivity index (χ1v) is 8.78. The van der Waals surface area contributed by atoms with Crippen molar-refractivity contribution in [2.75, 3.05) is 6.61 Å². The van der Waals surface area contributed by atoms with Gasteiger partial charge in [-0.05, 0) is 24.3 Å². The number of aliphatic hydroxyl groups excluding tert-OH is 4. The molecule has 0 radical (unpaired) electrons. The van der Waals surface area contributed by atoms with Crippen LogP contribution < -0.4 is 0 Å². The molecule has 1 aliphatic heterocycles. The van der Waals surface area contributed by atoms with Gasteiger partial charge in [-0.25, -0.2) is 0 Å². The fourth-order valence-electron chi connectivity index (χ4n) is 2.79. The van der Waals surface area contributed by atoms with Crippen LogP contribution in [0.15, 0.2) is 53.0 Å². The van der Waals surface area contributed by atoms with Crippen LogP contribution in [0.4, 0.5) is 0 Å². The summed E-state index contributed by atoms with van der Waals surface area (Å²) in [5.74, 6) is 0.691. The van der Waals surface area contributed by atoms with E-state index < -0.39 is 37.3 Å². The zero-order valence-corrected chi connectivity index (χ0v) is 14.9. The number of allylic oxidation sites excluding steroid dienone is 1. The van der Waals surface area contributed by atoms with Gasteiger partial charge in [-0.2, -0.15) is 0 Å². The van der Waals surface area contributed by atoms with E-state index in [2.05, 4.69) is 0 Å². The fourth-order valence-corrected chi connectivity index (χ4v) is 2.79. The van der Waals surface area contributed by atoms with E-state index in [1.165, 1.54) is 12.2 Å². The third kappa shape index (κ3) is 4.74. The molecule has 3 rings (SSSR count). The number of carbonyl (C=O) groups excluding carboxylic acids is 1. The topological polar surface area (TPSA) is 130 Å². The lowest BCUT2D eigenvalue weighted by Gasteiger charge is -2.39. The second kappa shape index (κ2) is 9.24. The van der Waals surface area contributed by atoms with E-state index in [1.54, 1.807) is 36.4 Å². The molecule has 2 aromatic rings. The third-order valence-electron chi connectivity index (χ3n) is 4.38. The molecule has 8 heteroatoms. The normalized spacial score (nSPS) is 27.9. The average molecular weight is 390 g/mol. The number of aliphatic hydroxyl groups is 4. The van der Waals surface area contributed by atoms with Gasteiger partial charge in [-0.3, -0.25) is 4.79 Å². The minimum atomic E-state index is -1.50. The molecule has 1 aromatic heterocycles. The highest BCUT2D eigenvalue weighted by Gasteiger charge is 2.44. The molecule has 1 aliphatic rings. The molecule has 1 fully saturated rings. The van der Waals surface area contributed by atoms with Gasteiger partial charge in [0, 0.05) is 5.56 Å². The van der Waals surface area contributed by atoms with Gasteiger partial charge in [-0.15, -0.1) is 0 Å². The minimum absolute atomic E-state index is 0.0802. The Balaban J connectivity index is 1.56. The maximum atomic E-state index is 12.0. The van der Waals surface area contributed by atoms with Crippen LogP contribution in [0, 0.1) is 0 Å². The molecular weight excluding hydrogens is 368 g/mol. The fraction of sp³-hybridized carbons (Fsp3) is 0.350. The minimum Gasteiger partial charge on any atom is -0.459 e. The van der Waals surface area contributed by atoms with Crippen LogP contribution in [0.3, 0.4) is 0 Å². The van der Waals surface area contributed by atoms with Gasteiger partial charge in [0.25, 0.3) is 0 Å². The summed E-state index contributed by atoms with van der Waals surface area (Å²) in [6, 6.07) is 12.1. The lowest BCUT2D eigenvalue weighted by atomic mass is 9.99. The first kappa shape index (κ1) is 20.4. The van der Waals surface area contributed by atoms with Crippen molar-refractivity contribution in [1.29, 1.82) is 0 Å². The van der Waals surface area contributed by atoms with Crippen molar-refractivity contribution in [2.24, 2.45) is 0 Å². The highest BCUT2D eigenvalue weighted by Crippen LogP contribution is 2.23. The first-order chi connectivity index (χ1) is 13.5. The quantitative estimate of drug-likeness (QED) is 0.397. The van der Waals surface area contributed by atoms with Gasteiger partial charge in [-0.1, -0.05) is 30.3 Å². The molecule has 0 spiro atoms. The second-order valence-corrected chi connectivity index (χ2v) is 6.38. The number of furan rings is 1. The molecule has 150 valence electrons. The number of hydrogen-bond acceptors (Lipinski definition) is 8. The molecule has 0 saturated carbocycles. The van der Waals surface area contributed by atoms with Crippen molar-refractivity contribution >= 4 is 11.9 Å². The van der Waals surface area contributed by atoms with Crippen LogP contribution in [0.25, 0.3) is 6.08 Å². The molecule has 5 atom stereocenters. The summed E-state index contributed by atoms with van der Waals surface area (Å²) in [5, 5.41) is 38.6. The Kier molecular flexibility index (Phi) is 6.74. The van der Waals surface area contributed by atoms with Gasteiger partial charge in [0.05, 0.1) is 6.61 Å². The van der Waals surface area contributed by atoms with Crippen LogP contribution in [0.5, 0.6) is 0 Å². The Morgan fingerprint density at radius 3 is 2.50 bits per heavy atom. The van der Waals surface area contributed by atoms with Crippen LogP contribution in [0.1, 0.15) is 21.9 Å². The van der Waals surface area contributed by atoms with E-state index in [9.17, 15) is 25.2 Å². The highest BCUT2D eigenvalue weighted by atomic mass is 16.7. The van der Waals surface area contributed by atoms with E-state index in [0.717, 1.165) is 0 Å². The number of ether oxygens (including phenoxy) is 2. The second-order valence-electron chi connectivity index (χ2n) is 6.38. The molecule has 2 heterocycles. The average Bonchev–Trinajstić information content (AvgIpc) is 3.18. The number of ketones is 1. The number of benzene rings is 1. The largest absolute Gasteiger partial charge is 0.459 e. The Labute approximate surface area is 161 Å². The van der Waals surface area contributed by atoms with Crippen molar-refractivity contribution in [3.8, 4) is 0 Å². The van der Waals surface area contributed by atoms with E-state index >= 15 is 0 Å². The predicted molar refractivity (Wildman–Crippen MR) is 97.1 cm³/mol. The SMILES string of the molecule is O=C(C=Cc1ccc(CO[C@H]2O[C@H](CO)[C@@H](O)[C@H](O)[C@H]2O)o1)c1ccccc1. The Bertz CT molecular complexity index is 798. The first-order valence-electron chi connectivity index (χ1n) is 8.78. The summed E-state index contributed by atoms with van der Waals surface area (Å²) in [6.45, 7) is -0.612. The summed E-state index contributed by atoms with van der Waals surface area (Å²) in [6.07, 6.45) is -3.77. The highest BCUT2D eigenvalue weighted by molar-refractivity contribution is 6.06. The van der Waals surface area contributed by atoms with E-state index in [0.29, 0.717) is 17.1 Å². The summed E-state index contributed by atoms with van der Waals surface area (Å²) in [5.41, 5.74) is 0.566. The van der Waals surface area contributed by atoms with E-state index in [4.69, 9.17) is 13.9 Å². The Morgan fingerprint density at radius 2 is 1.79 bits per heavy atom. The van der Waals surface area contributed by atoms with Crippen molar-refractivity contribution < 1.29 is 39.1 Å². The predicted octanol–water partition coefficient (Wildman–Crippen LogP) is 0.492. The Morgan fingerprint density at radius 1 is 1.04 bits per heavy atom. The molecule has 4 N–H and O–H groups in total. The van der Waals surface area contributed by atoms with Crippen LogP contribution in [-0.2, 0) is 16.1 Å². The van der Waals surface area contributed by atoms with Crippen molar-refractivity contribution in [1.82, 2.24) is 0 Å². The molecule has 1 aromatic carbocycles. The van der Waals surface area contributed by atoms with Crippen molar-refractivity contribution in [3.05, 3.63) is 65.6 Å². The molecule has 1 saturated heterocycles. The monoisotopic (exact) mass is 390 g/mol. The van der Waals surface area contributed by atoms with Gasteiger partial charge >= 0.3 is 0 Å². The summed E-state index contributed by atoms with van der Waals surface area (Å²) in [4.78, 5) is 12.0. The van der Waals surface area contributed by atoms with Crippen LogP contribution in [-0.4, -0.2) is 63.5 Å². The molecule has 0 bridgehead atoms. The molecule has 0 aliphatic carbocycles. The standard InChI is InChI=1S/C20H22O8/c21-10-16-17(23)18(24)19(25)20(28-16)26-11-14-7-6-13(27-14)8-9-15(22)12-4-2-1-3-5-12/h1-9,16-21,23-25H,10-11H2/t16-,17-,18+,19-,20+/m1/s1. The molecule has 0 unspecified atom stereocenters. The van der Waals surface area contributed by atoms with Gasteiger partial charge in [0.15, 0.2) is 12.1 Å². The summed E-state index contributed by atoms with van der Waals surface area (Å²) in [7, 11) is 0. The van der Waals surface area contributed by atoms with Gasteiger partial charge in [0.1, 0.15) is 42.5 Å². The lowest BCUT2D eigenvalue weighted by molar-refractivity contribution is -0.304. The van der Waals surface area contributed by atoms with Crippen molar-refractivity contribution in [3.63, 3.8) is 0 Å². The molecule has 8 nitrogen and oxygen atoms in total. The van der Waals surface area contributed by atoms with Crippen LogP contribution >= 0.6 is 0 Å². The lowest BCUT2D eigenvalue weighted by Crippen LogP contribution is -2.59. The Hall–Kier alpha value is -2.33. The third-order valence-corrected chi connectivity index (χ3v) is 4.38. The molecule has 0 amide bonds. The zero-order valence-electron chi connectivity index (χ0n) is 14.9. The summed E-state index contributed by atoms with van der Waals surface area (Å²) < 4.78 is 16.2. The van der Waals surface area contributed by atoms with Gasteiger partial charge < -0.3 is 34.3 Å². The maximum Gasteiger partial charge on any atom is 0.187 e. The van der Waals surface area contributed by atoms with E-state index in [1.807, 2.05) is 6.07 Å². The van der Waals surface area contributed by atoms with Gasteiger partial charge in [0.2, 0.25) is 0 Å². The molecule has 28 heavy (non-hydrogen) atoms. The zero-order chi connectivity index (χ0) is 20.1. The molecular formula is C20H22O8. The van der Waals surface area contributed by atoms with E-state index in [-0.39, 0.29) is 12.4 Å². The van der Waals surface area contributed by atoms with Crippen LogP contribution in [0.2, 0.25) is 0 Å². The number of carbonyl (C=O) groups is 1.